The highest BCUT2D eigenvalue weighted by molar-refractivity contribution is 7.98. The van der Waals surface area contributed by atoms with Crippen molar-refractivity contribution in [2.24, 2.45) is 0 Å². The summed E-state index contributed by atoms with van der Waals surface area (Å²) in [6.45, 7) is 0.854. The van der Waals surface area contributed by atoms with E-state index < -0.39 is 5.97 Å². The Balaban J connectivity index is 1.71. The molecule has 0 aliphatic heterocycles. The van der Waals surface area contributed by atoms with Crippen molar-refractivity contribution in [3.63, 3.8) is 0 Å². The Kier molecular flexibility index (Phi) is 5.56. The highest BCUT2D eigenvalue weighted by Gasteiger charge is 2.24. The van der Waals surface area contributed by atoms with Gasteiger partial charge in [0.25, 0.3) is 5.56 Å². The van der Waals surface area contributed by atoms with Crippen molar-refractivity contribution < 1.29 is 18.7 Å². The summed E-state index contributed by atoms with van der Waals surface area (Å²) in [7, 11) is 2.93. The summed E-state index contributed by atoms with van der Waals surface area (Å²) < 4.78 is 16.9. The number of carbonyl (C=O) groups is 1. The average Bonchev–Trinajstić information content (AvgIpc) is 3.40. The van der Waals surface area contributed by atoms with Gasteiger partial charge in [0.15, 0.2) is 5.16 Å². The molecule has 1 aliphatic rings. The molecule has 3 aromatic rings. The van der Waals surface area contributed by atoms with Crippen LogP contribution in [0.25, 0.3) is 10.2 Å². The largest absolute Gasteiger partial charge is 0.463 e. The first-order chi connectivity index (χ1) is 13.6. The first-order valence-corrected chi connectivity index (χ1v) is 10.8. The zero-order chi connectivity index (χ0) is 19.7. The number of methoxy groups -OCH3 is 2. The zero-order valence-corrected chi connectivity index (χ0v) is 17.3. The van der Waals surface area contributed by atoms with Crippen LogP contribution in [0.1, 0.15) is 33.0 Å². The Hall–Kier alpha value is -2.10. The van der Waals surface area contributed by atoms with Gasteiger partial charge in [-0.25, -0.2) is 9.78 Å². The molecular weight excluding hydrogens is 400 g/mol. The normalized spacial score (nSPS) is 13.2. The summed E-state index contributed by atoms with van der Waals surface area (Å²) in [4.78, 5) is 31.9. The van der Waals surface area contributed by atoms with Crippen LogP contribution in [0.3, 0.4) is 0 Å². The third-order valence-corrected chi connectivity index (χ3v) is 6.99. The molecule has 0 saturated heterocycles. The molecule has 0 fully saturated rings. The fraction of sp³-hybridized carbons (Fsp3) is 0.421. The SMILES string of the molecule is COCCn1c(SCc2ccoc2C(=O)OC)nc2sc3c(c2c1=O)CCC3. The van der Waals surface area contributed by atoms with Gasteiger partial charge in [-0.05, 0) is 30.9 Å². The topological polar surface area (TPSA) is 83.6 Å². The number of thiophene rings is 1. The fourth-order valence-corrected chi connectivity index (χ4v) is 5.72. The molecule has 0 atom stereocenters. The molecule has 1 aliphatic carbocycles. The molecule has 7 nitrogen and oxygen atoms in total. The summed E-state index contributed by atoms with van der Waals surface area (Å²) in [6, 6.07) is 1.73. The van der Waals surface area contributed by atoms with Crippen LogP contribution in [0.4, 0.5) is 0 Å². The Bertz CT molecular complexity index is 1080. The molecule has 4 rings (SSSR count). The molecule has 0 saturated carbocycles. The quantitative estimate of drug-likeness (QED) is 0.329. The number of thioether (sulfide) groups is 1. The number of hydrogen-bond acceptors (Lipinski definition) is 8. The lowest BCUT2D eigenvalue weighted by atomic mass is 10.2. The lowest BCUT2D eigenvalue weighted by molar-refractivity contribution is 0.0564. The van der Waals surface area contributed by atoms with Gasteiger partial charge in [-0.15, -0.1) is 11.3 Å². The number of hydrogen-bond donors (Lipinski definition) is 0. The van der Waals surface area contributed by atoms with E-state index in [2.05, 4.69) is 0 Å². The van der Waals surface area contributed by atoms with Gasteiger partial charge in [-0.3, -0.25) is 9.36 Å². The molecule has 0 unspecified atom stereocenters. The summed E-state index contributed by atoms with van der Waals surface area (Å²) in [6.07, 6.45) is 4.52. The third kappa shape index (κ3) is 3.38. The fourth-order valence-electron chi connectivity index (χ4n) is 3.41. The maximum Gasteiger partial charge on any atom is 0.374 e. The number of ether oxygens (including phenoxy) is 2. The first kappa shape index (κ1) is 19.2. The zero-order valence-electron chi connectivity index (χ0n) is 15.6. The highest BCUT2D eigenvalue weighted by Crippen LogP contribution is 2.36. The van der Waals surface area contributed by atoms with Gasteiger partial charge in [-0.2, -0.15) is 0 Å². The summed E-state index contributed by atoms with van der Waals surface area (Å²) in [5.41, 5.74) is 1.87. The van der Waals surface area contributed by atoms with Crippen molar-refractivity contribution >= 4 is 39.3 Å². The lowest BCUT2D eigenvalue weighted by Crippen LogP contribution is -2.25. The van der Waals surface area contributed by atoms with E-state index in [4.69, 9.17) is 18.9 Å². The van der Waals surface area contributed by atoms with Crippen molar-refractivity contribution in [2.45, 2.75) is 36.7 Å². The first-order valence-electron chi connectivity index (χ1n) is 8.95. The van der Waals surface area contributed by atoms with Gasteiger partial charge in [0, 0.05) is 23.3 Å². The second-order valence-electron chi connectivity index (χ2n) is 6.44. The molecule has 3 aromatic heterocycles. The van der Waals surface area contributed by atoms with E-state index in [1.54, 1.807) is 29.1 Å². The molecule has 28 heavy (non-hydrogen) atoms. The van der Waals surface area contributed by atoms with E-state index in [1.165, 1.54) is 35.6 Å². The van der Waals surface area contributed by atoms with E-state index in [1.807, 2.05) is 0 Å². The maximum atomic E-state index is 13.2. The maximum absolute atomic E-state index is 13.2. The number of esters is 1. The van der Waals surface area contributed by atoms with Crippen LogP contribution in [-0.2, 0) is 34.6 Å². The van der Waals surface area contributed by atoms with Crippen molar-refractivity contribution in [1.82, 2.24) is 9.55 Å². The molecular formula is C19H20N2O5S2. The standard InChI is InChI=1S/C19H20N2O5S2/c1-24-9-7-21-17(22)14-12-4-3-5-13(12)28-16(14)20-19(21)27-10-11-6-8-26-15(11)18(23)25-2/h6,8H,3-5,7,9-10H2,1-2H3. The van der Waals surface area contributed by atoms with Crippen LogP contribution in [0.2, 0.25) is 0 Å². The summed E-state index contributed by atoms with van der Waals surface area (Å²) >= 11 is 3.02. The molecule has 0 bridgehead atoms. The Morgan fingerprint density at radius 3 is 3.04 bits per heavy atom. The summed E-state index contributed by atoms with van der Waals surface area (Å²) in [5.74, 6) is 0.101. The summed E-state index contributed by atoms with van der Waals surface area (Å²) in [5, 5.41) is 1.38. The minimum atomic E-state index is -0.518. The second kappa shape index (κ2) is 8.10. The molecule has 0 N–H and O–H groups in total. The highest BCUT2D eigenvalue weighted by atomic mass is 32.2. The van der Waals surface area contributed by atoms with Gasteiger partial charge in [0.1, 0.15) is 4.83 Å². The minimum Gasteiger partial charge on any atom is -0.463 e. The second-order valence-corrected chi connectivity index (χ2v) is 8.46. The van der Waals surface area contributed by atoms with E-state index >= 15 is 0 Å². The van der Waals surface area contributed by atoms with Crippen LogP contribution in [0, 0.1) is 0 Å². The van der Waals surface area contributed by atoms with E-state index in [9.17, 15) is 9.59 Å². The van der Waals surface area contributed by atoms with Crippen LogP contribution in [0.15, 0.2) is 26.7 Å². The Morgan fingerprint density at radius 1 is 1.39 bits per heavy atom. The van der Waals surface area contributed by atoms with Gasteiger partial charge < -0.3 is 13.9 Å². The molecule has 0 radical (unpaired) electrons. The van der Waals surface area contributed by atoms with Crippen molar-refractivity contribution in [3.8, 4) is 0 Å². The molecule has 0 aromatic carbocycles. The van der Waals surface area contributed by atoms with Crippen LogP contribution < -0.4 is 5.56 Å². The number of furan rings is 1. The van der Waals surface area contributed by atoms with Crippen molar-refractivity contribution in [2.75, 3.05) is 20.8 Å². The lowest BCUT2D eigenvalue weighted by Gasteiger charge is -2.12. The van der Waals surface area contributed by atoms with Gasteiger partial charge in [0.2, 0.25) is 5.76 Å². The van der Waals surface area contributed by atoms with Gasteiger partial charge >= 0.3 is 5.97 Å². The van der Waals surface area contributed by atoms with Gasteiger partial charge in [-0.1, -0.05) is 11.8 Å². The van der Waals surface area contributed by atoms with Gasteiger partial charge in [0.05, 0.1) is 31.9 Å². The number of rotatable bonds is 7. The predicted octanol–water partition coefficient (Wildman–Crippen LogP) is 3.27. The van der Waals surface area contributed by atoms with Crippen molar-refractivity contribution in [1.29, 1.82) is 0 Å². The monoisotopic (exact) mass is 420 g/mol. The number of nitrogens with zero attached hydrogens (tertiary/aromatic N) is 2. The van der Waals surface area contributed by atoms with Crippen LogP contribution in [0.5, 0.6) is 0 Å². The average molecular weight is 421 g/mol. The molecule has 9 heteroatoms. The van der Waals surface area contributed by atoms with Crippen molar-refractivity contribution in [3.05, 3.63) is 44.4 Å². The minimum absolute atomic E-state index is 0.00987. The Morgan fingerprint density at radius 2 is 2.25 bits per heavy atom. The molecule has 0 amide bonds. The van der Waals surface area contributed by atoms with Crippen LogP contribution >= 0.6 is 23.1 Å². The molecule has 0 spiro atoms. The number of aryl methyl sites for hydroxylation is 2. The number of aromatic nitrogens is 2. The van der Waals surface area contributed by atoms with E-state index in [0.29, 0.717) is 29.6 Å². The third-order valence-electron chi connectivity index (χ3n) is 4.78. The molecule has 3 heterocycles. The van der Waals surface area contributed by atoms with E-state index in [0.717, 1.165) is 29.5 Å². The van der Waals surface area contributed by atoms with Crippen LogP contribution in [-0.4, -0.2) is 36.3 Å². The van der Waals surface area contributed by atoms with E-state index in [-0.39, 0.29) is 11.3 Å². The number of fused-ring (bicyclic) bond motifs is 3. The smallest absolute Gasteiger partial charge is 0.374 e. The number of carbonyl (C=O) groups excluding carboxylic acids is 1. The predicted molar refractivity (Wildman–Crippen MR) is 107 cm³/mol. The Labute approximate surface area is 169 Å². The molecule has 148 valence electrons.